The lowest BCUT2D eigenvalue weighted by Crippen LogP contribution is -2.53. The zero-order valence-corrected chi connectivity index (χ0v) is 16.0. The molecule has 1 aromatic heterocycles. The normalized spacial score (nSPS) is 23.9. The van der Waals surface area contributed by atoms with Crippen LogP contribution in [-0.4, -0.2) is 62.5 Å². The van der Waals surface area contributed by atoms with Crippen molar-refractivity contribution in [3.05, 3.63) is 36.1 Å². The monoisotopic (exact) mass is 371 g/mol. The summed E-state index contributed by atoms with van der Waals surface area (Å²) in [6, 6.07) is 10.2. The van der Waals surface area contributed by atoms with Gasteiger partial charge in [0.1, 0.15) is 17.4 Å². The third kappa shape index (κ3) is 4.45. The molecule has 0 saturated carbocycles. The Morgan fingerprint density at radius 3 is 2.93 bits per heavy atom. The summed E-state index contributed by atoms with van der Waals surface area (Å²) in [5, 5.41) is 4.57. The lowest BCUT2D eigenvalue weighted by Gasteiger charge is -2.37. The molecule has 2 aliphatic rings. The van der Waals surface area contributed by atoms with Gasteiger partial charge in [0.25, 0.3) is 0 Å². The molecule has 0 bridgehead atoms. The molecule has 0 amide bonds. The number of ether oxygens (including phenoxy) is 2. The molecule has 2 atom stereocenters. The average Bonchev–Trinajstić information content (AvgIpc) is 3.37. The number of hydrogen-bond donors (Lipinski definition) is 1. The van der Waals surface area contributed by atoms with E-state index < -0.39 is 0 Å². The van der Waals surface area contributed by atoms with Crippen molar-refractivity contribution < 1.29 is 13.9 Å². The summed E-state index contributed by atoms with van der Waals surface area (Å²) in [6.07, 6.45) is 3.39. The molecule has 0 aliphatic carbocycles. The maximum absolute atomic E-state index is 5.96. The van der Waals surface area contributed by atoms with E-state index in [1.165, 1.54) is 0 Å². The van der Waals surface area contributed by atoms with E-state index in [1.807, 2.05) is 18.2 Å². The maximum Gasteiger partial charge on any atom is 0.194 e. The van der Waals surface area contributed by atoms with Gasteiger partial charge in [-0.1, -0.05) is 18.2 Å². The molecule has 0 radical (unpaired) electrons. The minimum atomic E-state index is 0.139. The van der Waals surface area contributed by atoms with Crippen LogP contribution in [0.2, 0.25) is 0 Å². The quantitative estimate of drug-likeness (QED) is 0.647. The van der Waals surface area contributed by atoms with Gasteiger partial charge in [-0.2, -0.15) is 0 Å². The summed E-state index contributed by atoms with van der Waals surface area (Å²) in [5.41, 5.74) is 0.941. The van der Waals surface area contributed by atoms with Crippen molar-refractivity contribution in [3.8, 4) is 0 Å². The first-order valence-electron chi connectivity index (χ1n) is 10.1. The topological polar surface area (TPSA) is 59.2 Å². The summed E-state index contributed by atoms with van der Waals surface area (Å²) < 4.78 is 17.7. The molecule has 2 fully saturated rings. The molecule has 27 heavy (non-hydrogen) atoms. The van der Waals surface area contributed by atoms with Crippen molar-refractivity contribution in [1.29, 1.82) is 0 Å². The molecule has 2 aromatic rings. The number of rotatable bonds is 5. The first-order valence-corrected chi connectivity index (χ1v) is 10.1. The van der Waals surface area contributed by atoms with E-state index in [4.69, 9.17) is 18.9 Å². The second kappa shape index (κ2) is 8.76. The number of fused-ring (bicyclic) bond motifs is 1. The third-order valence-corrected chi connectivity index (χ3v) is 5.20. The van der Waals surface area contributed by atoms with E-state index in [0.717, 1.165) is 74.8 Å². The van der Waals surface area contributed by atoms with Crippen molar-refractivity contribution >= 4 is 16.9 Å². The van der Waals surface area contributed by atoms with Crippen LogP contribution in [0.1, 0.15) is 25.5 Å². The number of guanidine groups is 1. The van der Waals surface area contributed by atoms with E-state index in [9.17, 15) is 0 Å². The molecule has 2 aliphatic heterocycles. The van der Waals surface area contributed by atoms with Crippen LogP contribution in [0, 0.1) is 0 Å². The fraction of sp³-hybridized carbons (Fsp3) is 0.571. The molecule has 6 heteroatoms. The number of nitrogens with one attached hydrogen (secondary N) is 1. The number of nitrogens with zero attached hydrogens (tertiary/aromatic N) is 2. The average molecular weight is 371 g/mol. The lowest BCUT2D eigenvalue weighted by atomic mass is 10.1. The van der Waals surface area contributed by atoms with Gasteiger partial charge in [0.2, 0.25) is 0 Å². The van der Waals surface area contributed by atoms with Crippen LogP contribution in [0.4, 0.5) is 0 Å². The highest BCUT2D eigenvalue weighted by Crippen LogP contribution is 2.21. The largest absolute Gasteiger partial charge is 0.461 e. The Morgan fingerprint density at radius 1 is 1.22 bits per heavy atom. The van der Waals surface area contributed by atoms with E-state index in [-0.39, 0.29) is 12.2 Å². The molecule has 1 aromatic carbocycles. The van der Waals surface area contributed by atoms with Gasteiger partial charge in [0, 0.05) is 44.6 Å². The maximum atomic E-state index is 5.96. The molecule has 2 unspecified atom stereocenters. The molecule has 1 N–H and O–H groups in total. The van der Waals surface area contributed by atoms with Crippen LogP contribution in [0.5, 0.6) is 0 Å². The van der Waals surface area contributed by atoms with Crippen LogP contribution in [0.3, 0.4) is 0 Å². The summed E-state index contributed by atoms with van der Waals surface area (Å²) in [5.74, 6) is 1.94. The fourth-order valence-electron chi connectivity index (χ4n) is 3.85. The van der Waals surface area contributed by atoms with Gasteiger partial charge in [-0.15, -0.1) is 0 Å². The highest BCUT2D eigenvalue weighted by atomic mass is 16.5. The Labute approximate surface area is 160 Å². The molecule has 0 spiro atoms. The molecule has 3 heterocycles. The minimum absolute atomic E-state index is 0.139. The lowest BCUT2D eigenvalue weighted by molar-refractivity contribution is -0.0817. The Bertz CT molecular complexity index is 734. The zero-order chi connectivity index (χ0) is 18.5. The number of benzene rings is 1. The molecule has 6 nitrogen and oxygen atoms in total. The zero-order valence-electron chi connectivity index (χ0n) is 16.0. The molecule has 2 saturated heterocycles. The second-order valence-electron chi connectivity index (χ2n) is 7.14. The molecule has 146 valence electrons. The van der Waals surface area contributed by atoms with E-state index in [2.05, 4.69) is 29.3 Å². The van der Waals surface area contributed by atoms with Crippen molar-refractivity contribution in [2.75, 3.05) is 39.4 Å². The first kappa shape index (κ1) is 18.3. The van der Waals surface area contributed by atoms with Crippen LogP contribution < -0.4 is 5.32 Å². The van der Waals surface area contributed by atoms with Gasteiger partial charge < -0.3 is 24.1 Å². The van der Waals surface area contributed by atoms with Gasteiger partial charge >= 0.3 is 0 Å². The predicted molar refractivity (Wildman–Crippen MR) is 106 cm³/mol. The van der Waals surface area contributed by atoms with Gasteiger partial charge in [-0.25, -0.2) is 0 Å². The first-order chi connectivity index (χ1) is 13.3. The van der Waals surface area contributed by atoms with Crippen molar-refractivity contribution in [1.82, 2.24) is 10.2 Å². The highest BCUT2D eigenvalue weighted by molar-refractivity contribution is 5.80. The van der Waals surface area contributed by atoms with Gasteiger partial charge in [0.05, 0.1) is 12.7 Å². The van der Waals surface area contributed by atoms with Gasteiger partial charge in [0.15, 0.2) is 5.96 Å². The SMILES string of the molecule is CCNC(=NCCc1cc2ccccc2o1)N1CCOC(C2CCCO2)C1. The van der Waals surface area contributed by atoms with E-state index >= 15 is 0 Å². The van der Waals surface area contributed by atoms with E-state index in [1.54, 1.807) is 0 Å². The Hall–Kier alpha value is -2.05. The highest BCUT2D eigenvalue weighted by Gasteiger charge is 2.32. The summed E-state index contributed by atoms with van der Waals surface area (Å²) in [6.45, 7) is 6.93. The number of morpholine rings is 1. The van der Waals surface area contributed by atoms with Crippen molar-refractivity contribution in [2.24, 2.45) is 4.99 Å². The van der Waals surface area contributed by atoms with Gasteiger partial charge in [-0.3, -0.25) is 4.99 Å². The summed E-state index contributed by atoms with van der Waals surface area (Å²) in [7, 11) is 0. The molecular formula is C21H29N3O3. The Kier molecular flexibility index (Phi) is 5.94. The number of aliphatic imine (C=N–C) groups is 1. The minimum Gasteiger partial charge on any atom is -0.461 e. The van der Waals surface area contributed by atoms with Crippen LogP contribution in [0.15, 0.2) is 39.7 Å². The number of hydrogen-bond acceptors (Lipinski definition) is 4. The molecule has 4 rings (SSSR count). The summed E-state index contributed by atoms with van der Waals surface area (Å²) in [4.78, 5) is 7.14. The number of para-hydroxylation sites is 1. The van der Waals surface area contributed by atoms with Crippen molar-refractivity contribution in [2.45, 2.75) is 38.4 Å². The Morgan fingerprint density at radius 2 is 2.11 bits per heavy atom. The third-order valence-electron chi connectivity index (χ3n) is 5.20. The second-order valence-corrected chi connectivity index (χ2v) is 7.14. The molecular weight excluding hydrogens is 342 g/mol. The Balaban J connectivity index is 1.38. The van der Waals surface area contributed by atoms with Crippen molar-refractivity contribution in [3.63, 3.8) is 0 Å². The fourth-order valence-corrected chi connectivity index (χ4v) is 3.85. The van der Waals surface area contributed by atoms with Crippen LogP contribution >= 0.6 is 0 Å². The van der Waals surface area contributed by atoms with Crippen LogP contribution in [-0.2, 0) is 15.9 Å². The smallest absolute Gasteiger partial charge is 0.194 e. The standard InChI is InChI=1S/C21H29N3O3/c1-2-22-21(24-11-13-26-20(15-24)19-8-5-12-25-19)23-10-9-17-14-16-6-3-4-7-18(16)27-17/h3-4,6-7,14,19-20H,2,5,8-13,15H2,1H3,(H,22,23). The van der Waals surface area contributed by atoms with E-state index in [0.29, 0.717) is 6.54 Å². The number of furan rings is 1. The van der Waals surface area contributed by atoms with Crippen LogP contribution in [0.25, 0.3) is 11.0 Å². The summed E-state index contributed by atoms with van der Waals surface area (Å²) >= 11 is 0. The van der Waals surface area contributed by atoms with Gasteiger partial charge in [-0.05, 0) is 31.9 Å². The predicted octanol–water partition coefficient (Wildman–Crippen LogP) is 2.82.